The lowest BCUT2D eigenvalue weighted by Gasteiger charge is -2.29. The maximum absolute atomic E-state index is 14.0. The molecule has 2 aliphatic rings. The van der Waals surface area contributed by atoms with Gasteiger partial charge in [-0.1, -0.05) is 42.0 Å². The van der Waals surface area contributed by atoms with Crippen molar-refractivity contribution in [2.75, 3.05) is 39.4 Å². The van der Waals surface area contributed by atoms with Gasteiger partial charge in [-0.25, -0.2) is 4.39 Å². The van der Waals surface area contributed by atoms with Crippen LogP contribution in [0.3, 0.4) is 0 Å². The number of aliphatic hydroxyl groups is 1. The molecule has 2 heterocycles. The van der Waals surface area contributed by atoms with Gasteiger partial charge in [-0.2, -0.15) is 0 Å². The molecule has 0 radical (unpaired) electrons. The van der Waals surface area contributed by atoms with Crippen LogP contribution in [-0.4, -0.2) is 66.0 Å². The highest BCUT2D eigenvalue weighted by Crippen LogP contribution is 2.39. The van der Waals surface area contributed by atoms with Gasteiger partial charge in [-0.3, -0.25) is 14.5 Å². The van der Waals surface area contributed by atoms with Crippen molar-refractivity contribution in [1.82, 2.24) is 9.80 Å². The zero-order chi connectivity index (χ0) is 22.7. The number of halogens is 1. The van der Waals surface area contributed by atoms with Crippen LogP contribution in [0.2, 0.25) is 0 Å². The van der Waals surface area contributed by atoms with Crippen LogP contribution in [-0.2, 0) is 14.3 Å². The van der Waals surface area contributed by atoms with Crippen LogP contribution in [0.15, 0.2) is 54.1 Å². The van der Waals surface area contributed by atoms with Crippen molar-refractivity contribution in [3.8, 4) is 0 Å². The fraction of sp³-hybridized carbons (Fsp3) is 0.360. The molecular formula is C25H27FN2O4. The number of aliphatic hydroxyl groups excluding tert-OH is 1. The molecule has 2 saturated heterocycles. The summed E-state index contributed by atoms with van der Waals surface area (Å²) in [6, 6.07) is 12.1. The van der Waals surface area contributed by atoms with E-state index in [0.29, 0.717) is 37.3 Å². The van der Waals surface area contributed by atoms with Gasteiger partial charge in [0.05, 0.1) is 24.8 Å². The Kier molecular flexibility index (Phi) is 6.67. The molecule has 0 bridgehead atoms. The maximum Gasteiger partial charge on any atom is 0.295 e. The molecule has 0 unspecified atom stereocenters. The Bertz CT molecular complexity index is 1030. The minimum Gasteiger partial charge on any atom is -0.507 e. The van der Waals surface area contributed by atoms with Crippen LogP contribution >= 0.6 is 0 Å². The number of ketones is 1. The molecule has 2 aromatic carbocycles. The maximum atomic E-state index is 14.0. The van der Waals surface area contributed by atoms with E-state index in [2.05, 4.69) is 4.90 Å². The molecule has 7 heteroatoms. The molecule has 4 rings (SSSR count). The average Bonchev–Trinajstić information content (AvgIpc) is 3.05. The van der Waals surface area contributed by atoms with Gasteiger partial charge in [-0.05, 0) is 31.0 Å². The molecule has 168 valence electrons. The van der Waals surface area contributed by atoms with Crippen LogP contribution in [0.5, 0.6) is 0 Å². The van der Waals surface area contributed by atoms with Crippen molar-refractivity contribution >= 4 is 17.4 Å². The fourth-order valence-electron chi connectivity index (χ4n) is 4.29. The number of amides is 1. The largest absolute Gasteiger partial charge is 0.507 e. The van der Waals surface area contributed by atoms with Crippen LogP contribution in [0.1, 0.15) is 29.2 Å². The molecule has 6 nitrogen and oxygen atoms in total. The van der Waals surface area contributed by atoms with Gasteiger partial charge in [0, 0.05) is 31.7 Å². The zero-order valence-corrected chi connectivity index (χ0v) is 18.1. The predicted octanol–water partition coefficient (Wildman–Crippen LogP) is 3.28. The van der Waals surface area contributed by atoms with E-state index in [1.54, 1.807) is 24.3 Å². The Hall–Kier alpha value is -3.03. The molecule has 0 saturated carbocycles. The summed E-state index contributed by atoms with van der Waals surface area (Å²) < 4.78 is 19.4. The lowest BCUT2D eigenvalue weighted by molar-refractivity contribution is -0.140. The third-order valence-corrected chi connectivity index (χ3v) is 6.01. The number of carbonyl (C=O) groups is 2. The number of benzene rings is 2. The number of hydrogen-bond donors (Lipinski definition) is 1. The Labute approximate surface area is 186 Å². The second-order valence-electron chi connectivity index (χ2n) is 8.22. The van der Waals surface area contributed by atoms with E-state index >= 15 is 0 Å². The number of carbonyl (C=O) groups excluding carboxylic acids is 2. The van der Waals surface area contributed by atoms with Crippen LogP contribution < -0.4 is 0 Å². The second kappa shape index (κ2) is 9.63. The lowest BCUT2D eigenvalue weighted by atomic mass is 9.95. The summed E-state index contributed by atoms with van der Waals surface area (Å²) in [4.78, 5) is 29.7. The fourth-order valence-corrected chi connectivity index (χ4v) is 4.29. The first kappa shape index (κ1) is 22.2. The molecule has 2 aromatic rings. The Balaban J connectivity index is 1.67. The molecule has 32 heavy (non-hydrogen) atoms. The second-order valence-corrected chi connectivity index (χ2v) is 8.22. The molecule has 2 aliphatic heterocycles. The zero-order valence-electron chi connectivity index (χ0n) is 18.1. The SMILES string of the molecule is Cc1ccc(C(O)=C2C(=O)C(=O)N(CCCN3CCOCC3)[C@H]2c2cccc(F)c2)cc1. The number of nitrogens with zero attached hydrogens (tertiary/aromatic N) is 2. The van der Waals surface area contributed by atoms with Gasteiger partial charge in [-0.15, -0.1) is 0 Å². The highest BCUT2D eigenvalue weighted by molar-refractivity contribution is 6.46. The van der Waals surface area contributed by atoms with E-state index in [9.17, 15) is 19.1 Å². The van der Waals surface area contributed by atoms with Crippen molar-refractivity contribution in [1.29, 1.82) is 0 Å². The topological polar surface area (TPSA) is 70.1 Å². The molecule has 1 N–H and O–H groups in total. The van der Waals surface area contributed by atoms with E-state index in [-0.39, 0.29) is 11.3 Å². The number of aryl methyl sites for hydroxylation is 1. The van der Waals surface area contributed by atoms with Crippen molar-refractivity contribution < 1.29 is 23.8 Å². The quantitative estimate of drug-likeness (QED) is 0.426. The van der Waals surface area contributed by atoms with Gasteiger partial charge in [0.1, 0.15) is 11.6 Å². The lowest BCUT2D eigenvalue weighted by Crippen LogP contribution is -2.39. The summed E-state index contributed by atoms with van der Waals surface area (Å²) >= 11 is 0. The van der Waals surface area contributed by atoms with Crippen molar-refractivity contribution in [3.63, 3.8) is 0 Å². The summed E-state index contributed by atoms with van der Waals surface area (Å²) in [6.07, 6.45) is 0.656. The minimum absolute atomic E-state index is 0.00387. The predicted molar refractivity (Wildman–Crippen MR) is 118 cm³/mol. The monoisotopic (exact) mass is 438 g/mol. The average molecular weight is 438 g/mol. The molecule has 0 aromatic heterocycles. The number of likely N-dealkylation sites (tertiary alicyclic amines) is 1. The van der Waals surface area contributed by atoms with Gasteiger partial charge in [0.25, 0.3) is 11.7 Å². The van der Waals surface area contributed by atoms with E-state index in [1.807, 2.05) is 19.1 Å². The number of morpholine rings is 1. The first-order valence-corrected chi connectivity index (χ1v) is 10.9. The van der Waals surface area contributed by atoms with Crippen LogP contribution in [0.25, 0.3) is 5.76 Å². The minimum atomic E-state index is -0.836. The normalized spacial score (nSPS) is 21.3. The highest BCUT2D eigenvalue weighted by atomic mass is 19.1. The van der Waals surface area contributed by atoms with Gasteiger partial charge in [0.15, 0.2) is 0 Å². The van der Waals surface area contributed by atoms with Crippen LogP contribution in [0, 0.1) is 12.7 Å². The summed E-state index contributed by atoms with van der Waals surface area (Å²) in [6.45, 7) is 6.05. The highest BCUT2D eigenvalue weighted by Gasteiger charge is 2.45. The summed E-state index contributed by atoms with van der Waals surface area (Å²) in [5.74, 6) is -2.12. The number of Topliss-reactive ketones (excluding diaryl/α,β-unsaturated/α-hetero) is 1. The molecule has 1 atom stereocenters. The van der Waals surface area contributed by atoms with Gasteiger partial charge >= 0.3 is 0 Å². The summed E-state index contributed by atoms with van der Waals surface area (Å²) in [5, 5.41) is 11.0. The molecular weight excluding hydrogens is 411 g/mol. The van der Waals surface area contributed by atoms with E-state index in [0.717, 1.165) is 25.2 Å². The molecule has 0 spiro atoms. The number of ether oxygens (including phenoxy) is 1. The molecule has 1 amide bonds. The van der Waals surface area contributed by atoms with Crippen molar-refractivity contribution in [3.05, 3.63) is 76.6 Å². The van der Waals surface area contributed by atoms with E-state index in [1.165, 1.54) is 17.0 Å². The summed E-state index contributed by atoms with van der Waals surface area (Å²) in [5.41, 5.74) is 1.91. The van der Waals surface area contributed by atoms with Gasteiger partial charge < -0.3 is 14.7 Å². The van der Waals surface area contributed by atoms with Crippen molar-refractivity contribution in [2.45, 2.75) is 19.4 Å². The van der Waals surface area contributed by atoms with E-state index < -0.39 is 23.5 Å². The molecule has 0 aliphatic carbocycles. The van der Waals surface area contributed by atoms with Gasteiger partial charge in [0.2, 0.25) is 0 Å². The summed E-state index contributed by atoms with van der Waals surface area (Å²) in [7, 11) is 0. The molecule has 2 fully saturated rings. The Morgan fingerprint density at radius 3 is 2.50 bits per heavy atom. The third kappa shape index (κ3) is 4.59. The Morgan fingerprint density at radius 1 is 1.09 bits per heavy atom. The van der Waals surface area contributed by atoms with Crippen LogP contribution in [0.4, 0.5) is 4.39 Å². The first-order chi connectivity index (χ1) is 15.5. The number of rotatable bonds is 6. The standard InChI is InChI=1S/C25H27FN2O4/c1-17-6-8-18(9-7-17)23(29)21-22(19-4-2-5-20(26)16-19)28(25(31)24(21)30)11-3-10-27-12-14-32-15-13-27/h2,4-9,16,22,29H,3,10-15H2,1H3/t22-/m0/s1. The van der Waals surface area contributed by atoms with Crippen molar-refractivity contribution in [2.24, 2.45) is 0 Å². The van der Waals surface area contributed by atoms with E-state index in [4.69, 9.17) is 4.74 Å². The first-order valence-electron chi connectivity index (χ1n) is 10.9. The smallest absolute Gasteiger partial charge is 0.295 e. The third-order valence-electron chi connectivity index (χ3n) is 6.01. The number of hydrogen-bond acceptors (Lipinski definition) is 5. The Morgan fingerprint density at radius 2 is 1.81 bits per heavy atom.